The van der Waals surface area contributed by atoms with Gasteiger partial charge in [0.15, 0.2) is 0 Å². The molecule has 21 heavy (non-hydrogen) atoms. The third-order valence-corrected chi connectivity index (χ3v) is 4.02. The molecule has 1 aliphatic rings. The van der Waals surface area contributed by atoms with E-state index in [9.17, 15) is 4.79 Å². The van der Waals surface area contributed by atoms with Crippen LogP contribution in [0, 0.1) is 0 Å². The second kappa shape index (κ2) is 5.69. The summed E-state index contributed by atoms with van der Waals surface area (Å²) in [7, 11) is 0. The predicted octanol–water partition coefficient (Wildman–Crippen LogP) is 2.21. The van der Waals surface area contributed by atoms with Crippen molar-refractivity contribution in [3.05, 3.63) is 47.2 Å². The van der Waals surface area contributed by atoms with Crippen molar-refractivity contribution in [2.75, 3.05) is 36.8 Å². The SMILES string of the molecule is Nc1c[nH]c(C(=O)N2CCN(c3ccccc3Cl)CC2)c1. The van der Waals surface area contributed by atoms with Gasteiger partial charge in [-0.15, -0.1) is 0 Å². The highest BCUT2D eigenvalue weighted by Crippen LogP contribution is 2.26. The standard InChI is InChI=1S/C15H17ClN4O/c16-12-3-1-2-4-14(12)19-5-7-20(8-6-19)15(21)13-9-11(17)10-18-13/h1-4,9-10,18H,5-8,17H2. The number of nitrogens with zero attached hydrogens (tertiary/aromatic N) is 2. The molecule has 1 aromatic heterocycles. The molecule has 0 saturated carbocycles. The third kappa shape index (κ3) is 2.83. The number of piperazine rings is 1. The van der Waals surface area contributed by atoms with Crippen LogP contribution in [0.15, 0.2) is 36.5 Å². The molecule has 0 aliphatic carbocycles. The van der Waals surface area contributed by atoms with Crippen LogP contribution in [0.2, 0.25) is 5.02 Å². The zero-order chi connectivity index (χ0) is 14.8. The molecule has 6 heteroatoms. The molecule has 1 fully saturated rings. The molecule has 110 valence electrons. The van der Waals surface area contributed by atoms with Crippen LogP contribution < -0.4 is 10.6 Å². The van der Waals surface area contributed by atoms with Crippen LogP contribution in [0.3, 0.4) is 0 Å². The van der Waals surface area contributed by atoms with Crippen LogP contribution in [0.4, 0.5) is 11.4 Å². The van der Waals surface area contributed by atoms with Gasteiger partial charge in [-0.05, 0) is 18.2 Å². The quantitative estimate of drug-likeness (QED) is 0.894. The highest BCUT2D eigenvalue weighted by Gasteiger charge is 2.23. The summed E-state index contributed by atoms with van der Waals surface area (Å²) in [4.78, 5) is 19.3. The first-order valence-electron chi connectivity index (χ1n) is 6.88. The molecule has 0 unspecified atom stereocenters. The Morgan fingerprint density at radius 1 is 1.19 bits per heavy atom. The average molecular weight is 305 g/mol. The second-order valence-electron chi connectivity index (χ2n) is 5.08. The van der Waals surface area contributed by atoms with Crippen LogP contribution in [-0.2, 0) is 0 Å². The summed E-state index contributed by atoms with van der Waals surface area (Å²) in [5.74, 6) is -0.00879. The number of halogens is 1. The number of aromatic nitrogens is 1. The van der Waals surface area contributed by atoms with Gasteiger partial charge in [0, 0.05) is 38.1 Å². The minimum Gasteiger partial charge on any atom is -0.397 e. The highest BCUT2D eigenvalue weighted by molar-refractivity contribution is 6.33. The maximum Gasteiger partial charge on any atom is 0.270 e. The Balaban J connectivity index is 1.65. The molecule has 5 nitrogen and oxygen atoms in total. The van der Waals surface area contributed by atoms with Gasteiger partial charge in [0.1, 0.15) is 5.69 Å². The minimum atomic E-state index is -0.00879. The molecule has 1 aromatic carbocycles. The number of H-pyrrole nitrogens is 1. The number of carbonyl (C=O) groups excluding carboxylic acids is 1. The lowest BCUT2D eigenvalue weighted by atomic mass is 10.2. The van der Waals surface area contributed by atoms with Gasteiger partial charge in [0.05, 0.1) is 10.7 Å². The lowest BCUT2D eigenvalue weighted by Gasteiger charge is -2.36. The van der Waals surface area contributed by atoms with Crippen molar-refractivity contribution in [1.82, 2.24) is 9.88 Å². The van der Waals surface area contributed by atoms with E-state index < -0.39 is 0 Å². The fourth-order valence-electron chi connectivity index (χ4n) is 2.56. The molecule has 1 aliphatic heterocycles. The molecule has 0 radical (unpaired) electrons. The number of nitrogens with one attached hydrogen (secondary N) is 1. The molecule has 3 N–H and O–H groups in total. The Bertz CT molecular complexity index is 647. The highest BCUT2D eigenvalue weighted by atomic mass is 35.5. The van der Waals surface area contributed by atoms with Crippen LogP contribution in [0.25, 0.3) is 0 Å². The first kappa shape index (κ1) is 13.8. The number of carbonyl (C=O) groups is 1. The molecular formula is C15H17ClN4O. The van der Waals surface area contributed by atoms with Gasteiger partial charge in [0.25, 0.3) is 5.91 Å². The number of para-hydroxylation sites is 1. The molecular weight excluding hydrogens is 288 g/mol. The summed E-state index contributed by atoms with van der Waals surface area (Å²) in [6.07, 6.45) is 1.63. The normalized spacial score (nSPS) is 15.3. The second-order valence-corrected chi connectivity index (χ2v) is 5.48. The number of benzene rings is 1. The number of aromatic amines is 1. The molecule has 2 heterocycles. The van der Waals surface area contributed by atoms with Crippen LogP contribution in [-0.4, -0.2) is 42.0 Å². The molecule has 1 amide bonds. The van der Waals surface area contributed by atoms with Gasteiger partial charge in [-0.3, -0.25) is 4.79 Å². The number of anilines is 2. The predicted molar refractivity (Wildman–Crippen MR) is 84.8 cm³/mol. The maximum absolute atomic E-state index is 12.3. The zero-order valence-corrected chi connectivity index (χ0v) is 12.3. The number of hydrogen-bond donors (Lipinski definition) is 2. The van der Waals surface area contributed by atoms with E-state index in [1.807, 2.05) is 29.2 Å². The van der Waals surface area contributed by atoms with Crippen molar-refractivity contribution in [1.29, 1.82) is 0 Å². The Kier molecular flexibility index (Phi) is 3.75. The fraction of sp³-hybridized carbons (Fsp3) is 0.267. The van der Waals surface area contributed by atoms with Crippen LogP contribution >= 0.6 is 11.6 Å². The molecule has 1 saturated heterocycles. The van der Waals surface area contributed by atoms with E-state index in [1.165, 1.54) is 0 Å². The summed E-state index contributed by atoms with van der Waals surface area (Å²) in [5, 5.41) is 0.745. The minimum absolute atomic E-state index is 0.00879. The van der Waals surface area contributed by atoms with Crippen LogP contribution in [0.1, 0.15) is 10.5 Å². The van der Waals surface area contributed by atoms with Gasteiger partial charge in [-0.1, -0.05) is 23.7 Å². The maximum atomic E-state index is 12.3. The number of amides is 1. The first-order valence-corrected chi connectivity index (χ1v) is 7.25. The summed E-state index contributed by atoms with van der Waals surface area (Å²) in [6.45, 7) is 2.88. The first-order chi connectivity index (χ1) is 10.1. The van der Waals surface area contributed by atoms with E-state index in [2.05, 4.69) is 9.88 Å². The smallest absolute Gasteiger partial charge is 0.270 e. The lowest BCUT2D eigenvalue weighted by molar-refractivity contribution is 0.0741. The number of rotatable bonds is 2. The van der Waals surface area contributed by atoms with Gasteiger partial charge in [-0.25, -0.2) is 0 Å². The topological polar surface area (TPSA) is 65.4 Å². The lowest BCUT2D eigenvalue weighted by Crippen LogP contribution is -2.49. The number of nitrogen functional groups attached to an aromatic ring is 1. The summed E-state index contributed by atoms with van der Waals surface area (Å²) in [6, 6.07) is 9.45. The Hall–Kier alpha value is -2.14. The molecule has 0 bridgehead atoms. The van der Waals surface area contributed by atoms with Crippen molar-refractivity contribution in [3.63, 3.8) is 0 Å². The van der Waals surface area contributed by atoms with E-state index in [-0.39, 0.29) is 5.91 Å². The van der Waals surface area contributed by atoms with E-state index in [4.69, 9.17) is 17.3 Å². The summed E-state index contributed by atoms with van der Waals surface area (Å²) < 4.78 is 0. The van der Waals surface area contributed by atoms with Crippen molar-refractivity contribution in [3.8, 4) is 0 Å². The summed E-state index contributed by atoms with van der Waals surface area (Å²) in [5.41, 5.74) is 7.78. The largest absolute Gasteiger partial charge is 0.397 e. The number of hydrogen-bond acceptors (Lipinski definition) is 3. The Morgan fingerprint density at radius 3 is 2.52 bits per heavy atom. The fourth-order valence-corrected chi connectivity index (χ4v) is 2.82. The molecule has 2 aromatic rings. The Labute approximate surface area is 128 Å². The Morgan fingerprint density at radius 2 is 1.90 bits per heavy atom. The van der Waals surface area contributed by atoms with Crippen molar-refractivity contribution >= 4 is 28.9 Å². The van der Waals surface area contributed by atoms with Gasteiger partial charge in [-0.2, -0.15) is 0 Å². The van der Waals surface area contributed by atoms with E-state index in [0.717, 1.165) is 23.8 Å². The zero-order valence-electron chi connectivity index (χ0n) is 11.6. The van der Waals surface area contributed by atoms with Crippen LogP contribution in [0.5, 0.6) is 0 Å². The summed E-state index contributed by atoms with van der Waals surface area (Å²) >= 11 is 6.21. The van der Waals surface area contributed by atoms with Gasteiger partial charge in [0.2, 0.25) is 0 Å². The number of nitrogens with two attached hydrogens (primary N) is 1. The van der Waals surface area contributed by atoms with Gasteiger partial charge >= 0.3 is 0 Å². The monoisotopic (exact) mass is 304 g/mol. The van der Waals surface area contributed by atoms with E-state index in [0.29, 0.717) is 24.5 Å². The van der Waals surface area contributed by atoms with Gasteiger partial charge < -0.3 is 20.5 Å². The molecule has 0 spiro atoms. The van der Waals surface area contributed by atoms with Crippen molar-refractivity contribution in [2.45, 2.75) is 0 Å². The van der Waals surface area contributed by atoms with Crippen molar-refractivity contribution in [2.24, 2.45) is 0 Å². The van der Waals surface area contributed by atoms with Crippen molar-refractivity contribution < 1.29 is 4.79 Å². The third-order valence-electron chi connectivity index (χ3n) is 3.70. The van der Waals surface area contributed by atoms with E-state index in [1.54, 1.807) is 12.3 Å². The average Bonchev–Trinajstić information content (AvgIpc) is 2.94. The molecule has 3 rings (SSSR count). The van der Waals surface area contributed by atoms with E-state index >= 15 is 0 Å². The molecule has 0 atom stereocenters.